The lowest BCUT2D eigenvalue weighted by atomic mass is 9.98. The second-order valence-electron chi connectivity index (χ2n) is 8.24. The van der Waals surface area contributed by atoms with Crippen LogP contribution in [0.4, 0.5) is 5.82 Å². The minimum absolute atomic E-state index is 0.154. The number of pyridine rings is 1. The van der Waals surface area contributed by atoms with Gasteiger partial charge in [-0.15, -0.1) is 0 Å². The topological polar surface area (TPSA) is 95.6 Å². The molecular formula is C27H26N6O. The number of carbonyl (C=O) groups excluding carboxylic acids is 1. The molecule has 4 rings (SSSR count). The van der Waals surface area contributed by atoms with Gasteiger partial charge in [0.2, 0.25) is 5.91 Å². The van der Waals surface area contributed by atoms with Gasteiger partial charge in [0.05, 0.1) is 29.7 Å². The Bertz CT molecular complexity index is 1270. The van der Waals surface area contributed by atoms with Crippen LogP contribution in [0.2, 0.25) is 0 Å². The van der Waals surface area contributed by atoms with Gasteiger partial charge in [-0.05, 0) is 53.8 Å². The Balaban J connectivity index is 1.46. The van der Waals surface area contributed by atoms with Crippen LogP contribution in [0.5, 0.6) is 0 Å². The molecule has 2 N–H and O–H groups in total. The molecule has 0 aliphatic heterocycles. The standard InChI is InChI=1S/C27H26N6O/c1-19-15-31-33(18-19)24-12-13-25(29-17-24)32-27(34)26(23-6-4-3-5-7-23)30-16-20(2)22-10-8-21(14-28)9-11-22/h3-13,15,17-18,20,26,30H,16H2,1-2H3,(H,29,32,34)/t20-,26+/m0/s1. The molecule has 0 aliphatic rings. The number of aromatic nitrogens is 3. The quantitative estimate of drug-likeness (QED) is 0.411. The molecule has 0 saturated carbocycles. The van der Waals surface area contributed by atoms with Gasteiger partial charge < -0.3 is 10.6 Å². The lowest BCUT2D eigenvalue weighted by molar-refractivity contribution is -0.118. The van der Waals surface area contributed by atoms with Gasteiger partial charge in [0.1, 0.15) is 11.9 Å². The Hall–Kier alpha value is -4.28. The van der Waals surface area contributed by atoms with Gasteiger partial charge in [-0.2, -0.15) is 10.4 Å². The van der Waals surface area contributed by atoms with E-state index in [1.165, 1.54) is 0 Å². The summed E-state index contributed by atoms with van der Waals surface area (Å²) in [6.45, 7) is 4.65. The molecule has 1 amide bonds. The van der Waals surface area contributed by atoms with E-state index in [1.807, 2.05) is 73.8 Å². The zero-order chi connectivity index (χ0) is 23.9. The van der Waals surface area contributed by atoms with E-state index in [0.29, 0.717) is 17.9 Å². The first-order chi connectivity index (χ1) is 16.5. The van der Waals surface area contributed by atoms with Crippen molar-refractivity contribution in [2.24, 2.45) is 0 Å². The Morgan fingerprint density at radius 1 is 1.03 bits per heavy atom. The first kappa shape index (κ1) is 22.9. The molecule has 0 bridgehead atoms. The second-order valence-corrected chi connectivity index (χ2v) is 8.24. The molecule has 7 heteroatoms. The molecule has 0 radical (unpaired) electrons. The Labute approximate surface area is 199 Å². The number of amides is 1. The minimum Gasteiger partial charge on any atom is -0.309 e. The van der Waals surface area contributed by atoms with Gasteiger partial charge in [-0.1, -0.05) is 49.4 Å². The highest BCUT2D eigenvalue weighted by Crippen LogP contribution is 2.20. The molecule has 0 fully saturated rings. The van der Waals surface area contributed by atoms with Crippen molar-refractivity contribution >= 4 is 11.7 Å². The van der Waals surface area contributed by atoms with Crippen LogP contribution in [0.15, 0.2) is 85.3 Å². The van der Waals surface area contributed by atoms with Crippen LogP contribution in [-0.4, -0.2) is 27.2 Å². The average molecular weight is 451 g/mol. The molecule has 7 nitrogen and oxygen atoms in total. The maximum Gasteiger partial charge on any atom is 0.247 e. The minimum atomic E-state index is -0.544. The van der Waals surface area contributed by atoms with Gasteiger partial charge in [0, 0.05) is 12.7 Å². The van der Waals surface area contributed by atoms with Gasteiger partial charge in [0.15, 0.2) is 0 Å². The predicted molar refractivity (Wildman–Crippen MR) is 131 cm³/mol. The first-order valence-electron chi connectivity index (χ1n) is 11.1. The lowest BCUT2D eigenvalue weighted by Crippen LogP contribution is -2.35. The number of aryl methyl sites for hydroxylation is 1. The Morgan fingerprint density at radius 3 is 2.41 bits per heavy atom. The highest BCUT2D eigenvalue weighted by atomic mass is 16.2. The van der Waals surface area contributed by atoms with E-state index in [1.54, 1.807) is 23.1 Å². The van der Waals surface area contributed by atoms with Gasteiger partial charge in [-0.3, -0.25) is 4.79 Å². The molecule has 0 unspecified atom stereocenters. The third-order valence-corrected chi connectivity index (χ3v) is 5.61. The van der Waals surface area contributed by atoms with Crippen LogP contribution in [0.3, 0.4) is 0 Å². The van der Waals surface area contributed by atoms with E-state index in [2.05, 4.69) is 33.7 Å². The van der Waals surface area contributed by atoms with Crippen LogP contribution < -0.4 is 10.6 Å². The number of carbonyl (C=O) groups is 1. The van der Waals surface area contributed by atoms with E-state index in [0.717, 1.165) is 22.4 Å². The van der Waals surface area contributed by atoms with Crippen molar-refractivity contribution in [1.82, 2.24) is 20.1 Å². The molecule has 2 atom stereocenters. The van der Waals surface area contributed by atoms with E-state index in [4.69, 9.17) is 5.26 Å². The number of rotatable bonds is 8. The maximum absolute atomic E-state index is 13.2. The number of benzene rings is 2. The van der Waals surface area contributed by atoms with Crippen LogP contribution in [0.1, 0.15) is 41.1 Å². The molecule has 2 heterocycles. The molecular weight excluding hydrogens is 424 g/mol. The Morgan fingerprint density at radius 2 is 1.79 bits per heavy atom. The second kappa shape index (κ2) is 10.6. The fraction of sp³-hybridized carbons (Fsp3) is 0.185. The molecule has 2 aromatic carbocycles. The molecule has 34 heavy (non-hydrogen) atoms. The van der Waals surface area contributed by atoms with Crippen LogP contribution in [0, 0.1) is 18.3 Å². The molecule has 4 aromatic rings. The number of hydrogen-bond acceptors (Lipinski definition) is 5. The molecule has 2 aromatic heterocycles. The number of nitrogens with zero attached hydrogens (tertiary/aromatic N) is 4. The summed E-state index contributed by atoms with van der Waals surface area (Å²) in [5, 5.41) is 19.6. The van der Waals surface area contributed by atoms with Gasteiger partial charge in [0.25, 0.3) is 0 Å². The molecule has 0 spiro atoms. The highest BCUT2D eigenvalue weighted by molar-refractivity contribution is 5.94. The molecule has 0 saturated heterocycles. The summed E-state index contributed by atoms with van der Waals surface area (Å²) in [6.07, 6.45) is 5.38. The number of anilines is 1. The van der Waals surface area contributed by atoms with Crippen LogP contribution in [0.25, 0.3) is 5.69 Å². The van der Waals surface area contributed by atoms with Crippen molar-refractivity contribution in [3.05, 3.63) is 108 Å². The van der Waals surface area contributed by atoms with Crippen molar-refractivity contribution in [2.75, 3.05) is 11.9 Å². The van der Waals surface area contributed by atoms with E-state index in [9.17, 15) is 4.79 Å². The fourth-order valence-corrected chi connectivity index (χ4v) is 3.65. The summed E-state index contributed by atoms with van der Waals surface area (Å²) in [7, 11) is 0. The zero-order valence-electron chi connectivity index (χ0n) is 19.1. The van der Waals surface area contributed by atoms with Gasteiger partial charge in [-0.25, -0.2) is 9.67 Å². The summed E-state index contributed by atoms with van der Waals surface area (Å²) in [6, 6.07) is 22.4. The monoisotopic (exact) mass is 450 g/mol. The summed E-state index contributed by atoms with van der Waals surface area (Å²) in [4.78, 5) is 17.6. The highest BCUT2D eigenvalue weighted by Gasteiger charge is 2.21. The molecule has 170 valence electrons. The average Bonchev–Trinajstić information content (AvgIpc) is 3.31. The summed E-state index contributed by atoms with van der Waals surface area (Å²) < 4.78 is 1.74. The number of hydrogen-bond donors (Lipinski definition) is 2. The van der Waals surface area contributed by atoms with E-state index >= 15 is 0 Å². The lowest BCUT2D eigenvalue weighted by Gasteiger charge is -2.21. The third-order valence-electron chi connectivity index (χ3n) is 5.61. The maximum atomic E-state index is 13.2. The smallest absolute Gasteiger partial charge is 0.247 e. The largest absolute Gasteiger partial charge is 0.309 e. The van der Waals surface area contributed by atoms with Crippen molar-refractivity contribution in [3.8, 4) is 11.8 Å². The number of nitriles is 1. The SMILES string of the molecule is Cc1cnn(-c2ccc(NC(=O)[C@H](NC[C@H](C)c3ccc(C#N)cc3)c3ccccc3)nc2)c1. The van der Waals surface area contributed by atoms with E-state index in [-0.39, 0.29) is 11.8 Å². The number of nitrogens with one attached hydrogen (secondary N) is 2. The zero-order valence-corrected chi connectivity index (χ0v) is 19.1. The predicted octanol–water partition coefficient (Wildman–Crippen LogP) is 4.52. The normalized spacial score (nSPS) is 12.5. The van der Waals surface area contributed by atoms with Crippen LogP contribution >= 0.6 is 0 Å². The summed E-state index contributed by atoms with van der Waals surface area (Å²) >= 11 is 0. The first-order valence-corrected chi connectivity index (χ1v) is 11.1. The molecule has 0 aliphatic carbocycles. The van der Waals surface area contributed by atoms with Crippen LogP contribution in [-0.2, 0) is 4.79 Å². The fourth-order valence-electron chi connectivity index (χ4n) is 3.65. The van der Waals surface area contributed by atoms with Crippen molar-refractivity contribution < 1.29 is 4.79 Å². The summed E-state index contributed by atoms with van der Waals surface area (Å²) in [5.74, 6) is 0.440. The summed E-state index contributed by atoms with van der Waals surface area (Å²) in [5.41, 5.74) is 4.48. The van der Waals surface area contributed by atoms with Crippen molar-refractivity contribution in [2.45, 2.75) is 25.8 Å². The third kappa shape index (κ3) is 5.55. The Kier molecular flexibility index (Phi) is 7.11. The van der Waals surface area contributed by atoms with Crippen molar-refractivity contribution in [3.63, 3.8) is 0 Å². The van der Waals surface area contributed by atoms with E-state index < -0.39 is 6.04 Å². The van der Waals surface area contributed by atoms with Crippen molar-refractivity contribution in [1.29, 1.82) is 5.26 Å². The van der Waals surface area contributed by atoms with Gasteiger partial charge >= 0.3 is 0 Å².